The highest BCUT2D eigenvalue weighted by Gasteiger charge is 2.42. The molecule has 2 aromatic carbocycles. The van der Waals surface area contributed by atoms with E-state index in [1.165, 1.54) is 37.4 Å². The predicted molar refractivity (Wildman–Crippen MR) is 93.7 cm³/mol. The van der Waals surface area contributed by atoms with Crippen molar-refractivity contribution in [3.05, 3.63) is 65.2 Å². The molecule has 0 radical (unpaired) electrons. The average Bonchev–Trinajstić information content (AvgIpc) is 2.82. The van der Waals surface area contributed by atoms with E-state index in [9.17, 15) is 13.6 Å². The van der Waals surface area contributed by atoms with Crippen molar-refractivity contribution in [1.82, 2.24) is 0 Å². The Hall–Kier alpha value is -2.22. The summed E-state index contributed by atoms with van der Waals surface area (Å²) in [6, 6.07) is 9.93. The smallest absolute Gasteiger partial charge is 0.340 e. The summed E-state index contributed by atoms with van der Waals surface area (Å²) in [5, 5.41) is 0. The first-order valence-electron chi connectivity index (χ1n) is 7.75. The van der Waals surface area contributed by atoms with Gasteiger partial charge in [0.1, 0.15) is 17.2 Å². The average molecular weight is 378 g/mol. The number of carbonyl (C=O) groups is 1. The molecule has 0 spiro atoms. The first kappa shape index (κ1) is 18.6. The van der Waals surface area contributed by atoms with Gasteiger partial charge in [0.25, 0.3) is 0 Å². The Morgan fingerprint density at radius 3 is 2.38 bits per heavy atom. The Morgan fingerprint density at radius 1 is 1.08 bits per heavy atom. The number of hydrogen-bond acceptors (Lipinski definition) is 5. The van der Waals surface area contributed by atoms with Gasteiger partial charge >= 0.3 is 5.97 Å². The van der Waals surface area contributed by atoms with Crippen LogP contribution in [0.5, 0.6) is 0 Å². The van der Waals surface area contributed by atoms with Crippen molar-refractivity contribution in [1.29, 1.82) is 0 Å². The molecule has 136 valence electrons. The predicted octanol–water partition coefficient (Wildman–Crippen LogP) is 4.80. The van der Waals surface area contributed by atoms with Gasteiger partial charge in [0.2, 0.25) is 0 Å². The first-order valence-corrected chi connectivity index (χ1v) is 8.49. The lowest BCUT2D eigenvalue weighted by Crippen LogP contribution is -2.22. The van der Waals surface area contributed by atoms with Gasteiger partial charge in [-0.15, -0.1) is 0 Å². The van der Waals surface area contributed by atoms with E-state index in [2.05, 4.69) is 4.89 Å². The van der Waals surface area contributed by atoms with Gasteiger partial charge in [-0.2, -0.15) is 4.33 Å². The number of halogens is 2. The van der Waals surface area contributed by atoms with Gasteiger partial charge in [-0.3, -0.25) is 0 Å². The number of benzene rings is 2. The second-order valence-electron chi connectivity index (χ2n) is 6.12. The maximum atomic E-state index is 14.8. The molecule has 4 nitrogen and oxygen atoms in total. The van der Waals surface area contributed by atoms with Crippen LogP contribution in [-0.2, 0) is 18.8 Å². The Bertz CT molecular complexity index is 876. The molecule has 3 rings (SSSR count). The van der Waals surface area contributed by atoms with E-state index in [1.807, 2.05) is 0 Å². The Labute approximate surface area is 153 Å². The topological polar surface area (TPSA) is 44.8 Å². The lowest BCUT2D eigenvalue weighted by Gasteiger charge is -2.22. The Balaban J connectivity index is 2.14. The van der Waals surface area contributed by atoms with Crippen LogP contribution in [0.25, 0.3) is 11.1 Å². The third kappa shape index (κ3) is 3.51. The van der Waals surface area contributed by atoms with E-state index >= 15 is 0 Å². The normalized spacial score (nSPS) is 16.1. The molecule has 1 aliphatic heterocycles. The number of cyclic esters (lactones) is 1. The largest absolute Gasteiger partial charge is 0.451 e. The fraction of sp³-hybridized carbons (Fsp3) is 0.211. The Morgan fingerprint density at radius 2 is 1.77 bits per heavy atom. The van der Waals surface area contributed by atoms with Gasteiger partial charge in [0.05, 0.1) is 24.7 Å². The van der Waals surface area contributed by atoms with Crippen LogP contribution < -0.4 is 0 Å². The second-order valence-corrected chi connectivity index (χ2v) is 6.89. The molecule has 0 N–H and O–H groups in total. The van der Waals surface area contributed by atoms with Crippen molar-refractivity contribution in [3.63, 3.8) is 0 Å². The SMILES string of the molecule is COOSc1ccc(C2=C(c3ccc(F)cc3)C(=O)OC2(C)C)c(F)c1. The highest BCUT2D eigenvalue weighted by atomic mass is 32.2. The molecule has 0 aromatic heterocycles. The van der Waals surface area contributed by atoms with Gasteiger partial charge < -0.3 is 4.74 Å². The molecule has 2 aromatic rings. The molecular weight excluding hydrogens is 362 g/mol. The molecule has 0 saturated carbocycles. The second kappa shape index (κ2) is 7.19. The van der Waals surface area contributed by atoms with Crippen LogP contribution in [-0.4, -0.2) is 18.7 Å². The molecule has 26 heavy (non-hydrogen) atoms. The van der Waals surface area contributed by atoms with E-state index in [0.717, 1.165) is 12.0 Å². The van der Waals surface area contributed by atoms with Gasteiger partial charge in [-0.1, -0.05) is 18.2 Å². The van der Waals surface area contributed by atoms with E-state index < -0.39 is 23.2 Å². The van der Waals surface area contributed by atoms with Crippen molar-refractivity contribution in [2.24, 2.45) is 0 Å². The van der Waals surface area contributed by atoms with Gasteiger partial charge in [0.15, 0.2) is 0 Å². The minimum absolute atomic E-state index is 0.224. The zero-order chi connectivity index (χ0) is 18.9. The third-order valence-corrected chi connectivity index (χ3v) is 4.60. The highest BCUT2D eigenvalue weighted by molar-refractivity contribution is 7.94. The fourth-order valence-electron chi connectivity index (χ4n) is 2.90. The summed E-state index contributed by atoms with van der Waals surface area (Å²) in [4.78, 5) is 17.4. The van der Waals surface area contributed by atoms with Crippen LogP contribution >= 0.6 is 12.0 Å². The first-order chi connectivity index (χ1) is 12.3. The Kier molecular flexibility index (Phi) is 5.13. The molecule has 0 aliphatic carbocycles. The van der Waals surface area contributed by atoms with Gasteiger partial charge in [-0.25, -0.2) is 18.5 Å². The van der Waals surface area contributed by atoms with Crippen molar-refractivity contribution in [2.75, 3.05) is 7.11 Å². The van der Waals surface area contributed by atoms with Gasteiger partial charge in [-0.05, 0) is 43.7 Å². The maximum Gasteiger partial charge on any atom is 0.340 e. The highest BCUT2D eigenvalue weighted by Crippen LogP contribution is 2.44. The maximum absolute atomic E-state index is 14.8. The van der Waals surface area contributed by atoms with Crippen LogP contribution in [0.1, 0.15) is 25.0 Å². The quantitative estimate of drug-likeness (QED) is 0.324. The lowest BCUT2D eigenvalue weighted by atomic mass is 9.86. The number of carbonyl (C=O) groups excluding carboxylic acids is 1. The third-order valence-electron chi connectivity index (χ3n) is 3.95. The number of ether oxygens (including phenoxy) is 1. The zero-order valence-electron chi connectivity index (χ0n) is 14.3. The molecule has 7 heteroatoms. The minimum Gasteiger partial charge on any atom is -0.451 e. The summed E-state index contributed by atoms with van der Waals surface area (Å²) in [5.74, 6) is -1.53. The van der Waals surface area contributed by atoms with Crippen LogP contribution in [0.15, 0.2) is 47.4 Å². The number of rotatable bonds is 5. The molecule has 1 heterocycles. The molecule has 1 aliphatic rings. The summed E-state index contributed by atoms with van der Waals surface area (Å²) in [5.41, 5.74) is 0.317. The van der Waals surface area contributed by atoms with Crippen LogP contribution in [0.4, 0.5) is 8.78 Å². The van der Waals surface area contributed by atoms with E-state index in [1.54, 1.807) is 26.0 Å². The molecule has 0 unspecified atom stereocenters. The van der Waals surface area contributed by atoms with E-state index in [0.29, 0.717) is 16.0 Å². The van der Waals surface area contributed by atoms with Crippen LogP contribution in [0.3, 0.4) is 0 Å². The number of esters is 1. The molecule has 0 amide bonds. The molecule has 0 fully saturated rings. The summed E-state index contributed by atoms with van der Waals surface area (Å²) in [6.45, 7) is 3.37. The monoisotopic (exact) mass is 378 g/mol. The fourth-order valence-corrected chi connectivity index (χ4v) is 3.32. The summed E-state index contributed by atoms with van der Waals surface area (Å²) >= 11 is 0.867. The molecular formula is C19H16F2O4S. The van der Waals surface area contributed by atoms with E-state index in [4.69, 9.17) is 9.07 Å². The van der Waals surface area contributed by atoms with Crippen LogP contribution in [0, 0.1) is 11.6 Å². The molecule has 0 atom stereocenters. The molecule has 0 saturated heterocycles. The summed E-state index contributed by atoms with van der Waals surface area (Å²) in [7, 11) is 1.35. The molecule has 0 bridgehead atoms. The van der Waals surface area contributed by atoms with Gasteiger partial charge in [0, 0.05) is 16.0 Å². The lowest BCUT2D eigenvalue weighted by molar-refractivity contribution is -0.160. The summed E-state index contributed by atoms with van der Waals surface area (Å²) < 4.78 is 38.2. The van der Waals surface area contributed by atoms with Crippen molar-refractivity contribution in [2.45, 2.75) is 24.3 Å². The zero-order valence-corrected chi connectivity index (χ0v) is 15.2. The standard InChI is InChI=1S/C19H16F2O4S/c1-19(2)17(14-9-8-13(10-15(14)21)26-25-23-3)16(18(22)24-19)11-4-6-12(20)7-5-11/h4-10H,1-3H3. The minimum atomic E-state index is -1.03. The number of hydrogen-bond donors (Lipinski definition) is 0. The van der Waals surface area contributed by atoms with Crippen molar-refractivity contribution >= 4 is 29.2 Å². The van der Waals surface area contributed by atoms with Crippen molar-refractivity contribution in [3.8, 4) is 0 Å². The van der Waals surface area contributed by atoms with E-state index in [-0.39, 0.29) is 11.1 Å². The van der Waals surface area contributed by atoms with Crippen molar-refractivity contribution < 1.29 is 27.5 Å². The summed E-state index contributed by atoms with van der Waals surface area (Å²) in [6.07, 6.45) is 0. The van der Waals surface area contributed by atoms with Crippen LogP contribution in [0.2, 0.25) is 0 Å².